The second-order valence-electron chi connectivity index (χ2n) is 12.0. The van der Waals surface area contributed by atoms with Crippen molar-refractivity contribution in [3.05, 3.63) is 88.6 Å². The number of hydrogen-bond acceptors (Lipinski definition) is 13. The Kier molecular flexibility index (Phi) is 12.5. The van der Waals surface area contributed by atoms with Crippen LogP contribution < -0.4 is 30.7 Å². The largest absolute Gasteiger partial charge is 0.481 e. The molecule has 2 aromatic carbocycles. The molecule has 0 unspecified atom stereocenters. The summed E-state index contributed by atoms with van der Waals surface area (Å²) in [5.74, 6) is -2.85. The molecule has 1 aliphatic carbocycles. The predicted octanol–water partition coefficient (Wildman–Crippen LogP) is 4.30. The van der Waals surface area contributed by atoms with Crippen molar-refractivity contribution in [1.82, 2.24) is 30.6 Å². The lowest BCUT2D eigenvalue weighted by atomic mass is 10.1. The van der Waals surface area contributed by atoms with Gasteiger partial charge >= 0.3 is 18.2 Å². The Balaban J connectivity index is 1.20. The average Bonchev–Trinajstić information content (AvgIpc) is 3.93. The van der Waals surface area contributed by atoms with Crippen molar-refractivity contribution in [3.8, 4) is 11.9 Å². The summed E-state index contributed by atoms with van der Waals surface area (Å²) in [5, 5.41) is 11.6. The maximum absolute atomic E-state index is 13.1. The molecule has 15 nitrogen and oxygen atoms in total. The fourth-order valence-corrected chi connectivity index (χ4v) is 5.20. The number of amides is 2. The number of nitrogens with zero attached hydrogens (tertiary/aromatic N) is 4. The Morgan fingerprint density at radius 3 is 2.24 bits per heavy atom. The van der Waals surface area contributed by atoms with Crippen molar-refractivity contribution in [2.75, 3.05) is 38.0 Å². The molecule has 5 rings (SSSR count). The summed E-state index contributed by atoms with van der Waals surface area (Å²) < 4.78 is 53.4. The van der Waals surface area contributed by atoms with Crippen LogP contribution in [0.2, 0.25) is 5.02 Å². The first-order valence-electron chi connectivity index (χ1n) is 16.3. The lowest BCUT2D eigenvalue weighted by Gasteiger charge is -2.19. The highest BCUT2D eigenvalue weighted by molar-refractivity contribution is 6.36. The number of methoxy groups -OCH3 is 2. The molecular formula is C35H34ClF3N8O7. The van der Waals surface area contributed by atoms with Crippen LogP contribution in [0.4, 0.5) is 30.8 Å². The summed E-state index contributed by atoms with van der Waals surface area (Å²) in [6.45, 7) is -1.76. The fourth-order valence-electron chi connectivity index (χ4n) is 5.07. The van der Waals surface area contributed by atoms with Gasteiger partial charge in [-0.1, -0.05) is 29.8 Å². The van der Waals surface area contributed by atoms with E-state index in [2.05, 4.69) is 41.2 Å². The first kappa shape index (κ1) is 39.2. The molecule has 2 aromatic heterocycles. The third kappa shape index (κ3) is 11.0. The summed E-state index contributed by atoms with van der Waals surface area (Å²) >= 11 is 6.03. The van der Waals surface area contributed by atoms with Gasteiger partial charge in [-0.3, -0.25) is 14.4 Å². The molecule has 0 bridgehead atoms. The number of rotatable bonds is 17. The van der Waals surface area contributed by atoms with E-state index in [-0.39, 0.29) is 36.8 Å². The number of carbonyl (C=O) groups excluding carboxylic acids is 4. The summed E-state index contributed by atoms with van der Waals surface area (Å²) in [4.78, 5) is 66.5. The molecule has 2 amide bonds. The molecule has 1 atom stereocenters. The lowest BCUT2D eigenvalue weighted by Crippen LogP contribution is -2.44. The SMILES string of the molecule is COC(=O)[C@H](CCNC(=O)C(=O)Cc1ccc(OC)nc1)NC(=O)c1ccc(Nc2nc(NC3(c4ccc(Cl)cc4)CC3)nc(OCC(F)(F)F)n2)cc1. The number of ketones is 1. The van der Waals surface area contributed by atoms with E-state index >= 15 is 0 Å². The molecule has 0 saturated heterocycles. The molecule has 0 spiro atoms. The van der Waals surface area contributed by atoms with Crippen molar-refractivity contribution < 1.29 is 46.6 Å². The van der Waals surface area contributed by atoms with Crippen molar-refractivity contribution in [2.24, 2.45) is 0 Å². The number of benzene rings is 2. The van der Waals surface area contributed by atoms with Crippen LogP contribution in [0.1, 0.15) is 40.7 Å². The highest BCUT2D eigenvalue weighted by Gasteiger charge is 2.45. The van der Waals surface area contributed by atoms with Gasteiger partial charge in [-0.15, -0.1) is 0 Å². The average molecular weight is 771 g/mol. The number of nitrogens with one attached hydrogen (secondary N) is 4. The van der Waals surface area contributed by atoms with Gasteiger partial charge in [0.2, 0.25) is 23.6 Å². The number of carbonyl (C=O) groups is 4. The summed E-state index contributed by atoms with van der Waals surface area (Å²) in [7, 11) is 2.58. The standard InChI is InChI=1S/C35H34ClF3N8O7/c1-52-27-12-3-20(18-41-27)17-26(48)29(50)40-16-13-25(30(51)53-2)43-28(49)21-4-10-24(11-5-21)42-31-44-32(46-33(45-31)54-19-35(37,38)39)47-34(14-15-34)22-6-8-23(36)9-7-22/h3-12,18,25H,13-17,19H2,1-2H3,(H,40,50)(H,43,49)(H2,42,44,45,46,47)/t25-/m0/s1. The van der Waals surface area contributed by atoms with Crippen LogP contribution in [-0.4, -0.2) is 83.1 Å². The number of esters is 1. The Labute approximate surface area is 311 Å². The van der Waals surface area contributed by atoms with Gasteiger partial charge in [-0.05, 0) is 66.8 Å². The number of halogens is 4. The zero-order valence-corrected chi connectivity index (χ0v) is 29.6. The van der Waals surface area contributed by atoms with Crippen LogP contribution in [0.3, 0.4) is 0 Å². The number of alkyl halides is 3. The molecule has 4 N–H and O–H groups in total. The topological polar surface area (TPSA) is 196 Å². The number of pyridine rings is 1. The molecule has 1 saturated carbocycles. The summed E-state index contributed by atoms with van der Waals surface area (Å²) in [6.07, 6.45) is -2.10. The van der Waals surface area contributed by atoms with Gasteiger partial charge in [0, 0.05) is 41.5 Å². The van der Waals surface area contributed by atoms with Gasteiger partial charge in [0.1, 0.15) is 6.04 Å². The number of anilines is 3. The number of hydrogen-bond donors (Lipinski definition) is 4. The van der Waals surface area contributed by atoms with E-state index < -0.39 is 53.9 Å². The van der Waals surface area contributed by atoms with E-state index in [0.717, 1.165) is 12.7 Å². The van der Waals surface area contributed by atoms with Crippen molar-refractivity contribution in [1.29, 1.82) is 0 Å². The molecule has 284 valence electrons. The van der Waals surface area contributed by atoms with E-state index in [0.29, 0.717) is 35.0 Å². The summed E-state index contributed by atoms with van der Waals surface area (Å²) in [6, 6.07) is 14.3. The molecule has 1 aliphatic rings. The number of aromatic nitrogens is 4. The Hall–Kier alpha value is -6.04. The van der Waals surface area contributed by atoms with Gasteiger partial charge in [-0.25, -0.2) is 9.78 Å². The minimum Gasteiger partial charge on any atom is -0.481 e. The van der Waals surface area contributed by atoms with Gasteiger partial charge < -0.3 is 35.5 Å². The van der Waals surface area contributed by atoms with Crippen LogP contribution in [0.25, 0.3) is 0 Å². The second kappa shape index (κ2) is 17.2. The van der Waals surface area contributed by atoms with E-state index in [1.807, 2.05) is 12.1 Å². The Morgan fingerprint density at radius 2 is 1.63 bits per heavy atom. The normalized spacial score (nSPS) is 13.5. The highest BCUT2D eigenvalue weighted by Crippen LogP contribution is 2.48. The molecule has 54 heavy (non-hydrogen) atoms. The van der Waals surface area contributed by atoms with E-state index in [4.69, 9.17) is 25.8 Å². The molecule has 0 aliphatic heterocycles. The van der Waals surface area contributed by atoms with Crippen molar-refractivity contribution in [3.63, 3.8) is 0 Å². The third-order valence-corrected chi connectivity index (χ3v) is 8.27. The molecule has 1 fully saturated rings. The second-order valence-corrected chi connectivity index (χ2v) is 12.4. The molecule has 2 heterocycles. The molecular weight excluding hydrogens is 737 g/mol. The van der Waals surface area contributed by atoms with E-state index in [1.54, 1.807) is 24.3 Å². The predicted molar refractivity (Wildman–Crippen MR) is 187 cm³/mol. The quantitative estimate of drug-likeness (QED) is 0.0877. The first-order valence-corrected chi connectivity index (χ1v) is 16.7. The molecule has 19 heteroatoms. The monoisotopic (exact) mass is 770 g/mol. The van der Waals surface area contributed by atoms with E-state index in [9.17, 15) is 32.3 Å². The van der Waals surface area contributed by atoms with Crippen LogP contribution in [-0.2, 0) is 31.1 Å². The van der Waals surface area contributed by atoms with Crippen LogP contribution in [0.15, 0.2) is 66.9 Å². The van der Waals surface area contributed by atoms with Crippen molar-refractivity contribution >= 4 is 52.8 Å². The first-order chi connectivity index (χ1) is 25.8. The van der Waals surface area contributed by atoms with Gasteiger partial charge in [-0.2, -0.15) is 28.1 Å². The molecule has 4 aromatic rings. The summed E-state index contributed by atoms with van der Waals surface area (Å²) in [5.41, 5.74) is 1.32. The zero-order valence-electron chi connectivity index (χ0n) is 28.8. The smallest absolute Gasteiger partial charge is 0.422 e. The zero-order chi connectivity index (χ0) is 38.9. The number of Topliss-reactive ketones (excluding diaryl/α,β-unsaturated/α-hetero) is 1. The maximum atomic E-state index is 13.1. The van der Waals surface area contributed by atoms with Gasteiger partial charge in [0.05, 0.1) is 19.8 Å². The van der Waals surface area contributed by atoms with E-state index in [1.165, 1.54) is 37.6 Å². The third-order valence-electron chi connectivity index (χ3n) is 8.02. The van der Waals surface area contributed by atoms with Crippen LogP contribution in [0, 0.1) is 0 Å². The maximum Gasteiger partial charge on any atom is 0.422 e. The van der Waals surface area contributed by atoms with Gasteiger partial charge in [0.15, 0.2) is 6.61 Å². The fraction of sp³-hybridized carbons (Fsp3) is 0.314. The number of ether oxygens (including phenoxy) is 3. The molecule has 0 radical (unpaired) electrons. The Bertz CT molecular complexity index is 1960. The van der Waals surface area contributed by atoms with Gasteiger partial charge in [0.25, 0.3) is 11.8 Å². The highest BCUT2D eigenvalue weighted by atomic mass is 35.5. The van der Waals surface area contributed by atoms with Crippen LogP contribution in [0.5, 0.6) is 11.9 Å². The minimum absolute atomic E-state index is 0.0305. The van der Waals surface area contributed by atoms with Crippen molar-refractivity contribution in [2.45, 2.75) is 43.4 Å². The minimum atomic E-state index is -4.64. The Morgan fingerprint density at radius 1 is 0.926 bits per heavy atom. The lowest BCUT2D eigenvalue weighted by molar-refractivity contribution is -0.154. The van der Waals surface area contributed by atoms with Crippen LogP contribution >= 0.6 is 11.6 Å².